The Morgan fingerprint density at radius 2 is 1.81 bits per heavy atom. The van der Waals surface area contributed by atoms with Crippen LogP contribution in [0.2, 0.25) is 0 Å². The van der Waals surface area contributed by atoms with Gasteiger partial charge < -0.3 is 10.2 Å². The predicted octanol–water partition coefficient (Wildman–Crippen LogP) is 4.37. The molecule has 3 rings (SSSR count). The summed E-state index contributed by atoms with van der Waals surface area (Å²) in [6.07, 6.45) is 1.44. The van der Waals surface area contributed by atoms with Crippen molar-refractivity contribution in [3.05, 3.63) is 83.3 Å². The monoisotopic (exact) mass is 360 g/mol. The van der Waals surface area contributed by atoms with Gasteiger partial charge in [-0.1, -0.05) is 48.0 Å². The number of amides is 1. The molecule has 5 heteroatoms. The van der Waals surface area contributed by atoms with Crippen molar-refractivity contribution < 1.29 is 4.79 Å². The van der Waals surface area contributed by atoms with Crippen LogP contribution < -0.4 is 10.2 Å². The average Bonchev–Trinajstić information content (AvgIpc) is 2.69. The quantitative estimate of drug-likeness (QED) is 0.709. The molecule has 0 fully saturated rings. The van der Waals surface area contributed by atoms with Crippen molar-refractivity contribution >= 4 is 17.4 Å². The first-order chi connectivity index (χ1) is 13.1. The summed E-state index contributed by atoms with van der Waals surface area (Å²) in [7, 11) is 0. The van der Waals surface area contributed by atoms with Crippen LogP contribution in [-0.4, -0.2) is 22.4 Å². The molecule has 0 radical (unpaired) electrons. The Bertz CT molecular complexity index is 925. The number of hydrogen-bond acceptors (Lipinski definition) is 4. The third-order valence-corrected chi connectivity index (χ3v) is 4.44. The second kappa shape index (κ2) is 8.45. The molecule has 0 unspecified atom stereocenters. The molecule has 3 aromatic rings. The molecule has 5 nitrogen and oxygen atoms in total. The topological polar surface area (TPSA) is 58.1 Å². The number of aryl methyl sites for hydroxylation is 2. The van der Waals surface area contributed by atoms with Crippen molar-refractivity contribution in [1.82, 2.24) is 9.97 Å². The first kappa shape index (κ1) is 18.6. The number of carbonyl (C=O) groups is 1. The fourth-order valence-electron chi connectivity index (χ4n) is 2.94. The third-order valence-electron chi connectivity index (χ3n) is 4.44. The van der Waals surface area contributed by atoms with Crippen LogP contribution in [0.1, 0.15) is 34.1 Å². The fourth-order valence-corrected chi connectivity index (χ4v) is 2.94. The zero-order valence-electron chi connectivity index (χ0n) is 15.9. The van der Waals surface area contributed by atoms with Gasteiger partial charge in [0.25, 0.3) is 5.91 Å². The Labute approximate surface area is 160 Å². The number of nitrogens with zero attached hydrogens (tertiary/aromatic N) is 3. The maximum Gasteiger partial charge on any atom is 0.274 e. The van der Waals surface area contributed by atoms with Gasteiger partial charge in [-0.2, -0.15) is 0 Å². The normalized spacial score (nSPS) is 10.5. The number of nitrogens with one attached hydrogen (secondary N) is 1. The van der Waals surface area contributed by atoms with Crippen LogP contribution in [-0.2, 0) is 6.54 Å². The van der Waals surface area contributed by atoms with Gasteiger partial charge in [-0.25, -0.2) is 9.97 Å². The molecule has 0 aliphatic carbocycles. The van der Waals surface area contributed by atoms with Crippen LogP contribution >= 0.6 is 0 Å². The van der Waals surface area contributed by atoms with E-state index in [1.165, 1.54) is 11.9 Å². The Morgan fingerprint density at radius 1 is 1.04 bits per heavy atom. The van der Waals surface area contributed by atoms with E-state index < -0.39 is 0 Å². The lowest BCUT2D eigenvalue weighted by Gasteiger charge is -2.22. The van der Waals surface area contributed by atoms with Crippen molar-refractivity contribution in [1.29, 1.82) is 0 Å². The largest absolute Gasteiger partial charge is 0.352 e. The molecule has 1 amide bonds. The minimum atomic E-state index is -0.235. The maximum absolute atomic E-state index is 12.7. The first-order valence-electron chi connectivity index (χ1n) is 9.06. The smallest absolute Gasteiger partial charge is 0.274 e. The van der Waals surface area contributed by atoms with E-state index >= 15 is 0 Å². The molecular weight excluding hydrogens is 336 g/mol. The summed E-state index contributed by atoms with van der Waals surface area (Å²) in [5.41, 5.74) is 4.53. The molecule has 0 saturated carbocycles. The molecule has 1 aromatic heterocycles. The highest BCUT2D eigenvalue weighted by Gasteiger charge is 2.13. The molecule has 2 aromatic carbocycles. The van der Waals surface area contributed by atoms with Gasteiger partial charge in [-0.15, -0.1) is 0 Å². The number of rotatable bonds is 6. The summed E-state index contributed by atoms with van der Waals surface area (Å²) < 4.78 is 0. The maximum atomic E-state index is 12.7. The van der Waals surface area contributed by atoms with E-state index in [1.807, 2.05) is 50.2 Å². The van der Waals surface area contributed by atoms with Crippen LogP contribution in [0.25, 0.3) is 0 Å². The van der Waals surface area contributed by atoms with E-state index in [-0.39, 0.29) is 5.91 Å². The Morgan fingerprint density at radius 3 is 2.52 bits per heavy atom. The molecule has 138 valence electrons. The zero-order valence-corrected chi connectivity index (χ0v) is 15.9. The summed E-state index contributed by atoms with van der Waals surface area (Å²) in [6.45, 7) is 7.59. The highest BCUT2D eigenvalue weighted by atomic mass is 16.1. The first-order valence-corrected chi connectivity index (χ1v) is 9.06. The lowest BCUT2D eigenvalue weighted by molar-refractivity contribution is 0.102. The third kappa shape index (κ3) is 4.70. The second-order valence-corrected chi connectivity index (χ2v) is 6.53. The minimum absolute atomic E-state index is 0.235. The van der Waals surface area contributed by atoms with E-state index in [0.717, 1.165) is 35.7 Å². The van der Waals surface area contributed by atoms with E-state index in [4.69, 9.17) is 0 Å². The van der Waals surface area contributed by atoms with Crippen molar-refractivity contribution in [3.8, 4) is 0 Å². The molecule has 0 bridgehead atoms. The molecule has 0 aliphatic heterocycles. The van der Waals surface area contributed by atoms with Gasteiger partial charge in [0.2, 0.25) is 0 Å². The number of benzene rings is 2. The lowest BCUT2D eigenvalue weighted by Crippen LogP contribution is -2.24. The Balaban J connectivity index is 1.78. The molecule has 1 N–H and O–H groups in total. The van der Waals surface area contributed by atoms with E-state index in [1.54, 1.807) is 6.07 Å². The highest BCUT2D eigenvalue weighted by molar-refractivity contribution is 6.03. The molecule has 0 spiro atoms. The number of anilines is 2. The molecule has 0 aliphatic rings. The SMILES string of the molecule is CCN(Cc1ccccc1)c1cc(C(=O)Nc2ccc(C)cc2C)ncn1. The number of carbonyl (C=O) groups excluding carboxylic acids is 1. The van der Waals surface area contributed by atoms with E-state index in [2.05, 4.69) is 39.2 Å². The van der Waals surface area contributed by atoms with Gasteiger partial charge in [-0.05, 0) is 38.0 Å². The van der Waals surface area contributed by atoms with Crippen molar-refractivity contribution in [2.24, 2.45) is 0 Å². The predicted molar refractivity (Wildman–Crippen MR) is 109 cm³/mol. The average molecular weight is 360 g/mol. The van der Waals surface area contributed by atoms with Crippen LogP contribution in [0.3, 0.4) is 0 Å². The fraction of sp³-hybridized carbons (Fsp3) is 0.227. The Hall–Kier alpha value is -3.21. The number of aromatic nitrogens is 2. The van der Waals surface area contributed by atoms with Gasteiger partial charge in [-0.3, -0.25) is 4.79 Å². The van der Waals surface area contributed by atoms with Crippen LogP contribution in [0.15, 0.2) is 60.9 Å². The van der Waals surface area contributed by atoms with E-state index in [0.29, 0.717) is 5.69 Å². The summed E-state index contributed by atoms with van der Waals surface area (Å²) in [4.78, 5) is 23.3. The molecule has 1 heterocycles. The zero-order chi connectivity index (χ0) is 19.2. The number of hydrogen-bond donors (Lipinski definition) is 1. The van der Waals surface area contributed by atoms with Crippen molar-refractivity contribution in [2.45, 2.75) is 27.3 Å². The molecule has 27 heavy (non-hydrogen) atoms. The lowest BCUT2D eigenvalue weighted by atomic mass is 10.1. The molecule has 0 atom stereocenters. The van der Waals surface area contributed by atoms with E-state index in [9.17, 15) is 4.79 Å². The molecular formula is C22H24N4O. The van der Waals surface area contributed by atoms with Gasteiger partial charge in [0, 0.05) is 24.8 Å². The van der Waals surface area contributed by atoms with Gasteiger partial charge in [0.05, 0.1) is 0 Å². The van der Waals surface area contributed by atoms with Crippen LogP contribution in [0.5, 0.6) is 0 Å². The van der Waals surface area contributed by atoms with Crippen LogP contribution in [0.4, 0.5) is 11.5 Å². The molecule has 0 saturated heterocycles. The second-order valence-electron chi connectivity index (χ2n) is 6.53. The van der Waals surface area contributed by atoms with Gasteiger partial charge >= 0.3 is 0 Å². The standard InChI is InChI=1S/C22H24N4O/c1-4-26(14-18-8-6-5-7-9-18)21-13-20(23-15-24-21)22(27)25-19-11-10-16(2)12-17(19)3/h5-13,15H,4,14H2,1-3H3,(H,25,27). The summed E-state index contributed by atoms with van der Waals surface area (Å²) in [5, 5.41) is 2.94. The van der Waals surface area contributed by atoms with Crippen molar-refractivity contribution in [2.75, 3.05) is 16.8 Å². The summed E-state index contributed by atoms with van der Waals surface area (Å²) >= 11 is 0. The summed E-state index contributed by atoms with van der Waals surface area (Å²) in [6, 6.07) is 17.9. The van der Waals surface area contributed by atoms with Crippen LogP contribution in [0, 0.1) is 13.8 Å². The summed E-state index contributed by atoms with van der Waals surface area (Å²) in [5.74, 6) is 0.503. The van der Waals surface area contributed by atoms with Crippen molar-refractivity contribution in [3.63, 3.8) is 0 Å². The Kier molecular flexibility index (Phi) is 5.81. The van der Waals surface area contributed by atoms with Gasteiger partial charge in [0.15, 0.2) is 0 Å². The highest BCUT2D eigenvalue weighted by Crippen LogP contribution is 2.18. The minimum Gasteiger partial charge on any atom is -0.352 e. The van der Waals surface area contributed by atoms with Gasteiger partial charge in [0.1, 0.15) is 17.8 Å².